The van der Waals surface area contributed by atoms with Crippen LogP contribution in [0.3, 0.4) is 0 Å². The largest absolute Gasteiger partial charge is 0.389 e. The van der Waals surface area contributed by atoms with Crippen LogP contribution < -0.4 is 10.0 Å². The first-order valence-corrected chi connectivity index (χ1v) is 13.0. The van der Waals surface area contributed by atoms with Crippen molar-refractivity contribution in [3.63, 3.8) is 0 Å². The van der Waals surface area contributed by atoms with Crippen molar-refractivity contribution in [2.24, 2.45) is 11.8 Å². The molecule has 1 unspecified atom stereocenters. The lowest BCUT2D eigenvalue weighted by Gasteiger charge is -2.32. The number of hydrogen-bond donors (Lipinski definition) is 5. The van der Waals surface area contributed by atoms with Gasteiger partial charge in [0.05, 0.1) is 17.9 Å². The number of carbonyl (C=O) groups excluding carboxylic acids is 1. The molecule has 1 rings (SSSR count). The van der Waals surface area contributed by atoms with Gasteiger partial charge in [-0.15, -0.1) is 0 Å². The van der Waals surface area contributed by atoms with Crippen molar-refractivity contribution in [1.82, 2.24) is 10.0 Å². The highest BCUT2D eigenvalue weighted by Crippen LogP contribution is 2.28. The third-order valence-corrected chi connectivity index (χ3v) is 7.11. The zero-order chi connectivity index (χ0) is 22.7. The van der Waals surface area contributed by atoms with E-state index in [0.29, 0.717) is 12.8 Å². The minimum Gasteiger partial charge on any atom is -0.389 e. The summed E-state index contributed by atoms with van der Waals surface area (Å²) in [5.74, 6) is -0.826. The molecule has 0 heterocycles. The molecular formula is C21H42N2O6S. The molecule has 1 fully saturated rings. The Balaban J connectivity index is 2.80. The summed E-state index contributed by atoms with van der Waals surface area (Å²) in [6.07, 6.45) is 3.33. The van der Waals surface area contributed by atoms with Gasteiger partial charge in [0.25, 0.3) is 0 Å². The molecule has 1 aliphatic carbocycles. The first-order valence-electron chi connectivity index (χ1n) is 11.4. The quantitative estimate of drug-likeness (QED) is 0.253. The number of aliphatic hydroxyl groups is 3. The Morgan fingerprint density at radius 1 is 1.10 bits per heavy atom. The van der Waals surface area contributed by atoms with Crippen LogP contribution in [0.5, 0.6) is 0 Å². The molecule has 0 aromatic carbocycles. The Morgan fingerprint density at radius 2 is 1.73 bits per heavy atom. The maximum atomic E-state index is 12.4. The monoisotopic (exact) mass is 450 g/mol. The smallest absolute Gasteiger partial charge is 0.249 e. The van der Waals surface area contributed by atoms with Gasteiger partial charge in [0.2, 0.25) is 15.9 Å². The topological polar surface area (TPSA) is 136 Å². The summed E-state index contributed by atoms with van der Waals surface area (Å²) in [5.41, 5.74) is 0. The normalized spacial score (nSPS) is 20.0. The average Bonchev–Trinajstić information content (AvgIpc) is 2.66. The molecule has 1 saturated carbocycles. The summed E-state index contributed by atoms with van der Waals surface area (Å²) in [5, 5.41) is 33.9. The van der Waals surface area contributed by atoms with E-state index in [2.05, 4.69) is 10.0 Å². The molecule has 1 amide bonds. The average molecular weight is 451 g/mol. The first kappa shape index (κ1) is 27.3. The molecule has 1 aliphatic rings. The van der Waals surface area contributed by atoms with Crippen LogP contribution in [0.2, 0.25) is 0 Å². The van der Waals surface area contributed by atoms with E-state index in [1.165, 1.54) is 0 Å². The molecule has 30 heavy (non-hydrogen) atoms. The lowest BCUT2D eigenvalue weighted by molar-refractivity contribution is -0.132. The molecule has 8 nitrogen and oxygen atoms in total. The molecule has 0 spiro atoms. The van der Waals surface area contributed by atoms with Crippen molar-refractivity contribution >= 4 is 15.9 Å². The highest BCUT2D eigenvalue weighted by Gasteiger charge is 2.34. The van der Waals surface area contributed by atoms with Crippen LogP contribution in [0, 0.1) is 11.8 Å². The van der Waals surface area contributed by atoms with Crippen LogP contribution in [0.15, 0.2) is 0 Å². The van der Waals surface area contributed by atoms with Gasteiger partial charge in [0, 0.05) is 6.54 Å². The Labute approximate surface area is 181 Å². The number of sulfonamides is 1. The van der Waals surface area contributed by atoms with Gasteiger partial charge in [0.15, 0.2) is 0 Å². The van der Waals surface area contributed by atoms with Gasteiger partial charge < -0.3 is 20.6 Å². The summed E-state index contributed by atoms with van der Waals surface area (Å²) < 4.78 is 26.8. The van der Waals surface area contributed by atoms with E-state index in [1.54, 1.807) is 0 Å². The fourth-order valence-corrected chi connectivity index (χ4v) is 5.17. The second kappa shape index (κ2) is 13.6. The van der Waals surface area contributed by atoms with E-state index >= 15 is 0 Å². The molecular weight excluding hydrogens is 408 g/mol. The number of aliphatic hydroxyl groups excluding tert-OH is 3. The van der Waals surface area contributed by atoms with Crippen molar-refractivity contribution in [2.45, 2.75) is 103 Å². The van der Waals surface area contributed by atoms with Crippen LogP contribution in [-0.4, -0.2) is 66.3 Å². The van der Waals surface area contributed by atoms with Gasteiger partial charge in [-0.05, 0) is 31.1 Å². The van der Waals surface area contributed by atoms with Gasteiger partial charge in [-0.1, -0.05) is 59.3 Å². The number of carbonyl (C=O) groups is 1. The predicted molar refractivity (Wildman–Crippen MR) is 117 cm³/mol. The highest BCUT2D eigenvalue weighted by molar-refractivity contribution is 7.89. The van der Waals surface area contributed by atoms with Crippen LogP contribution in [0.1, 0.15) is 78.6 Å². The molecule has 0 aliphatic heterocycles. The third kappa shape index (κ3) is 10.5. The summed E-state index contributed by atoms with van der Waals surface area (Å²) in [6.45, 7) is 6.01. The van der Waals surface area contributed by atoms with Crippen LogP contribution in [0.4, 0.5) is 0 Å². The van der Waals surface area contributed by atoms with Crippen LogP contribution in [0.25, 0.3) is 0 Å². The molecule has 178 valence electrons. The zero-order valence-electron chi connectivity index (χ0n) is 18.7. The van der Waals surface area contributed by atoms with Gasteiger partial charge in [-0.3, -0.25) is 4.79 Å². The summed E-state index contributed by atoms with van der Waals surface area (Å²) in [6, 6.07) is -0.816. The minimum absolute atomic E-state index is 0.123. The van der Waals surface area contributed by atoms with Gasteiger partial charge >= 0.3 is 0 Å². The molecule has 0 saturated heterocycles. The fraction of sp³-hybridized carbons (Fsp3) is 0.952. The van der Waals surface area contributed by atoms with E-state index in [0.717, 1.165) is 38.5 Å². The maximum Gasteiger partial charge on any atom is 0.249 e. The predicted octanol–water partition coefficient (Wildman–Crippen LogP) is 1.29. The minimum atomic E-state index is -3.75. The van der Waals surface area contributed by atoms with E-state index < -0.39 is 46.0 Å². The van der Waals surface area contributed by atoms with E-state index in [1.807, 2.05) is 20.8 Å². The third-order valence-electron chi connectivity index (χ3n) is 5.69. The number of amides is 1. The molecule has 0 aromatic rings. The maximum absolute atomic E-state index is 12.4. The van der Waals surface area contributed by atoms with Crippen LogP contribution >= 0.6 is 0 Å². The number of rotatable bonds is 14. The number of unbranched alkanes of at least 4 members (excludes halogenated alkanes) is 1. The van der Waals surface area contributed by atoms with E-state index in [-0.39, 0.29) is 24.8 Å². The summed E-state index contributed by atoms with van der Waals surface area (Å²) in [4.78, 5) is 12.4. The standard InChI is InChI=1S/C21H42N2O6S/c1-4-5-11-22-30(28,29)14-19(25)20(26)17(13-16-9-7-6-8-10-16)23-21(27)18(24)12-15(2)3/h15-20,22,24-26H,4-14H2,1-3H3,(H,23,27)/t17-,18-,19-,20?/m0/s1. The molecule has 0 aromatic heterocycles. The molecule has 0 radical (unpaired) electrons. The van der Waals surface area contributed by atoms with Crippen molar-refractivity contribution in [1.29, 1.82) is 0 Å². The van der Waals surface area contributed by atoms with E-state index in [9.17, 15) is 28.5 Å². The Bertz CT molecular complexity index is 592. The fourth-order valence-electron chi connectivity index (χ4n) is 3.95. The van der Waals surface area contributed by atoms with Crippen molar-refractivity contribution < 1.29 is 28.5 Å². The van der Waals surface area contributed by atoms with Gasteiger partial charge in [-0.2, -0.15) is 0 Å². The van der Waals surface area contributed by atoms with Crippen molar-refractivity contribution in [2.75, 3.05) is 12.3 Å². The SMILES string of the molecule is CCCCNS(=O)(=O)C[C@H](O)C(O)[C@H](CC1CCCCC1)NC(=O)[C@@H](O)CC(C)C. The molecule has 5 N–H and O–H groups in total. The summed E-state index contributed by atoms with van der Waals surface area (Å²) in [7, 11) is -3.75. The van der Waals surface area contributed by atoms with Crippen molar-refractivity contribution in [3.8, 4) is 0 Å². The second-order valence-corrected chi connectivity index (χ2v) is 10.9. The second-order valence-electron chi connectivity index (χ2n) is 9.09. The zero-order valence-corrected chi connectivity index (χ0v) is 19.5. The van der Waals surface area contributed by atoms with Gasteiger partial charge in [0.1, 0.15) is 12.2 Å². The molecule has 4 atom stereocenters. The molecule has 9 heteroatoms. The Kier molecular flexibility index (Phi) is 12.4. The number of hydrogen-bond acceptors (Lipinski definition) is 6. The van der Waals surface area contributed by atoms with E-state index in [4.69, 9.17) is 0 Å². The molecule has 0 bridgehead atoms. The Morgan fingerprint density at radius 3 is 2.30 bits per heavy atom. The lowest BCUT2D eigenvalue weighted by Crippen LogP contribution is -2.54. The Hall–Kier alpha value is -0.740. The highest BCUT2D eigenvalue weighted by atomic mass is 32.2. The lowest BCUT2D eigenvalue weighted by atomic mass is 9.83. The van der Waals surface area contributed by atoms with Crippen molar-refractivity contribution in [3.05, 3.63) is 0 Å². The number of nitrogens with one attached hydrogen (secondary N) is 2. The first-order chi connectivity index (χ1) is 14.1. The summed E-state index contributed by atoms with van der Waals surface area (Å²) >= 11 is 0. The van der Waals surface area contributed by atoms with Crippen LogP contribution in [-0.2, 0) is 14.8 Å². The van der Waals surface area contributed by atoms with Gasteiger partial charge in [-0.25, -0.2) is 13.1 Å².